The van der Waals surface area contributed by atoms with Crippen molar-refractivity contribution in [2.24, 2.45) is 0 Å². The van der Waals surface area contributed by atoms with Gasteiger partial charge in [0.1, 0.15) is 5.75 Å². The minimum absolute atomic E-state index is 0.0921. The lowest BCUT2D eigenvalue weighted by molar-refractivity contribution is -0.118. The van der Waals surface area contributed by atoms with Crippen molar-refractivity contribution in [3.8, 4) is 5.75 Å². The molecule has 3 rings (SSSR count). The van der Waals surface area contributed by atoms with E-state index in [9.17, 15) is 13.2 Å². The third-order valence-corrected chi connectivity index (χ3v) is 6.21. The van der Waals surface area contributed by atoms with Gasteiger partial charge in [0, 0.05) is 17.3 Å². The van der Waals surface area contributed by atoms with E-state index in [2.05, 4.69) is 5.32 Å². The van der Waals surface area contributed by atoms with Crippen LogP contribution in [0.2, 0.25) is 10.0 Å². The fourth-order valence-corrected chi connectivity index (χ4v) is 4.54. The van der Waals surface area contributed by atoms with Gasteiger partial charge in [-0.1, -0.05) is 23.2 Å². The van der Waals surface area contributed by atoms with E-state index < -0.39 is 10.0 Å². The number of carbonyl (C=O) groups is 1. The van der Waals surface area contributed by atoms with Gasteiger partial charge >= 0.3 is 0 Å². The Morgan fingerprint density at radius 3 is 2.54 bits per heavy atom. The predicted molar refractivity (Wildman–Crippen MR) is 103 cm³/mol. The molecule has 1 aliphatic rings. The maximum absolute atomic E-state index is 12.1. The molecule has 0 unspecified atom stereocenters. The molecule has 6 nitrogen and oxygen atoms in total. The average Bonchev–Trinajstić information content (AvgIpc) is 2.95. The van der Waals surface area contributed by atoms with Gasteiger partial charge in [0.05, 0.1) is 16.5 Å². The highest BCUT2D eigenvalue weighted by molar-refractivity contribution is 7.93. The summed E-state index contributed by atoms with van der Waals surface area (Å²) in [6, 6.07) is 11.4. The van der Waals surface area contributed by atoms with Gasteiger partial charge in [-0.05, 0) is 48.9 Å². The quantitative estimate of drug-likeness (QED) is 0.811. The van der Waals surface area contributed by atoms with E-state index in [-0.39, 0.29) is 18.3 Å². The van der Waals surface area contributed by atoms with Gasteiger partial charge < -0.3 is 10.1 Å². The number of sulfonamides is 1. The van der Waals surface area contributed by atoms with Crippen LogP contribution in [-0.2, 0) is 14.8 Å². The van der Waals surface area contributed by atoms with Crippen LogP contribution in [0.5, 0.6) is 5.75 Å². The van der Waals surface area contributed by atoms with Crippen LogP contribution in [0.3, 0.4) is 0 Å². The molecule has 1 N–H and O–H groups in total. The number of anilines is 2. The van der Waals surface area contributed by atoms with Crippen LogP contribution in [0.15, 0.2) is 42.5 Å². The normalized spacial score (nSPS) is 15.7. The Kier molecular flexibility index (Phi) is 5.60. The second-order valence-electron chi connectivity index (χ2n) is 5.70. The van der Waals surface area contributed by atoms with Crippen LogP contribution in [0.4, 0.5) is 11.4 Å². The number of carbonyl (C=O) groups excluding carboxylic acids is 1. The summed E-state index contributed by atoms with van der Waals surface area (Å²) in [5.41, 5.74) is 0.803. The molecule has 1 aliphatic heterocycles. The Balaban J connectivity index is 1.67. The Hall–Kier alpha value is -1.96. The zero-order valence-electron chi connectivity index (χ0n) is 13.6. The third-order valence-electron chi connectivity index (χ3n) is 3.78. The minimum Gasteiger partial charge on any atom is -0.484 e. The topological polar surface area (TPSA) is 75.7 Å². The Morgan fingerprint density at radius 1 is 1.15 bits per heavy atom. The lowest BCUT2D eigenvalue weighted by Crippen LogP contribution is -2.26. The van der Waals surface area contributed by atoms with Crippen molar-refractivity contribution >= 4 is 50.5 Å². The molecule has 1 fully saturated rings. The van der Waals surface area contributed by atoms with Gasteiger partial charge in [-0.25, -0.2) is 8.42 Å². The molecule has 138 valence electrons. The van der Waals surface area contributed by atoms with E-state index in [1.165, 1.54) is 4.31 Å². The van der Waals surface area contributed by atoms with Crippen molar-refractivity contribution in [3.63, 3.8) is 0 Å². The molecule has 0 aromatic heterocycles. The van der Waals surface area contributed by atoms with E-state index in [4.69, 9.17) is 27.9 Å². The highest BCUT2D eigenvalue weighted by Gasteiger charge is 2.30. The smallest absolute Gasteiger partial charge is 0.262 e. The Labute approximate surface area is 161 Å². The molecule has 0 atom stereocenters. The first-order valence-electron chi connectivity index (χ1n) is 7.83. The van der Waals surface area contributed by atoms with E-state index in [1.807, 2.05) is 0 Å². The number of rotatable bonds is 5. The van der Waals surface area contributed by atoms with Gasteiger partial charge in [0.2, 0.25) is 10.0 Å². The molecule has 9 heteroatoms. The fourth-order valence-electron chi connectivity index (χ4n) is 2.57. The molecular formula is C17H16Cl2N2O4S. The summed E-state index contributed by atoms with van der Waals surface area (Å²) >= 11 is 11.9. The second kappa shape index (κ2) is 7.73. The molecule has 0 aliphatic carbocycles. The van der Waals surface area contributed by atoms with Crippen LogP contribution in [0.1, 0.15) is 6.42 Å². The highest BCUT2D eigenvalue weighted by Crippen LogP contribution is 2.33. The summed E-state index contributed by atoms with van der Waals surface area (Å²) in [7, 11) is -3.36. The molecular weight excluding hydrogens is 399 g/mol. The van der Waals surface area contributed by atoms with Gasteiger partial charge in [-0.15, -0.1) is 0 Å². The maximum Gasteiger partial charge on any atom is 0.262 e. The number of hydrogen-bond donors (Lipinski definition) is 1. The van der Waals surface area contributed by atoms with Crippen LogP contribution in [0.25, 0.3) is 0 Å². The lowest BCUT2D eigenvalue weighted by Gasteiger charge is -2.19. The second-order valence-corrected chi connectivity index (χ2v) is 8.56. The van der Waals surface area contributed by atoms with Crippen LogP contribution in [0, 0.1) is 0 Å². The van der Waals surface area contributed by atoms with E-state index >= 15 is 0 Å². The molecule has 1 amide bonds. The number of hydrogen-bond acceptors (Lipinski definition) is 4. The first-order chi connectivity index (χ1) is 12.3. The number of nitrogens with one attached hydrogen (secondary N) is 1. The molecule has 1 heterocycles. The van der Waals surface area contributed by atoms with Crippen LogP contribution >= 0.6 is 23.2 Å². The lowest BCUT2D eigenvalue weighted by atomic mass is 10.2. The van der Waals surface area contributed by atoms with Gasteiger partial charge in [0.15, 0.2) is 6.61 Å². The van der Waals surface area contributed by atoms with E-state index in [0.717, 1.165) is 0 Å². The molecule has 2 aromatic rings. The van der Waals surface area contributed by atoms with E-state index in [1.54, 1.807) is 42.5 Å². The summed E-state index contributed by atoms with van der Waals surface area (Å²) in [6.07, 6.45) is 0.546. The summed E-state index contributed by atoms with van der Waals surface area (Å²) in [5.74, 6) is 0.233. The zero-order chi connectivity index (χ0) is 18.7. The first-order valence-corrected chi connectivity index (χ1v) is 10.2. The van der Waals surface area contributed by atoms with Crippen LogP contribution in [-0.4, -0.2) is 33.2 Å². The van der Waals surface area contributed by atoms with Crippen molar-refractivity contribution in [2.45, 2.75) is 6.42 Å². The zero-order valence-corrected chi connectivity index (χ0v) is 15.9. The van der Waals surface area contributed by atoms with Crippen molar-refractivity contribution < 1.29 is 17.9 Å². The minimum atomic E-state index is -3.36. The summed E-state index contributed by atoms with van der Waals surface area (Å²) in [5, 5.41) is 3.56. The summed E-state index contributed by atoms with van der Waals surface area (Å²) in [6.45, 7) is 0.181. The third kappa shape index (κ3) is 4.41. The monoisotopic (exact) mass is 414 g/mol. The van der Waals surface area contributed by atoms with Crippen molar-refractivity contribution in [2.75, 3.05) is 28.5 Å². The molecule has 26 heavy (non-hydrogen) atoms. The molecule has 0 bridgehead atoms. The summed E-state index contributed by atoms with van der Waals surface area (Å²) in [4.78, 5) is 12.1. The first kappa shape index (κ1) is 18.8. The molecule has 1 saturated heterocycles. The van der Waals surface area contributed by atoms with Gasteiger partial charge in [0.25, 0.3) is 5.91 Å². The number of halogens is 2. The number of ether oxygens (including phenoxy) is 1. The van der Waals surface area contributed by atoms with E-state index in [0.29, 0.717) is 40.1 Å². The predicted octanol–water partition coefficient (Wildman–Crippen LogP) is 3.55. The Bertz CT molecular complexity index is 917. The molecule has 2 aromatic carbocycles. The molecule has 0 radical (unpaired) electrons. The SMILES string of the molecule is O=C(COc1ccc(Cl)cc1)Nc1ccc(Cl)c(N2CCCS2(=O)=O)c1. The number of benzene rings is 2. The van der Waals surface area contributed by atoms with Gasteiger partial charge in [-0.3, -0.25) is 9.10 Å². The van der Waals surface area contributed by atoms with Crippen molar-refractivity contribution in [1.29, 1.82) is 0 Å². The van der Waals surface area contributed by atoms with Gasteiger partial charge in [-0.2, -0.15) is 0 Å². The average molecular weight is 415 g/mol. The number of nitrogens with zero attached hydrogens (tertiary/aromatic N) is 1. The Morgan fingerprint density at radius 2 is 1.88 bits per heavy atom. The maximum atomic E-state index is 12.1. The fraction of sp³-hybridized carbons (Fsp3) is 0.235. The summed E-state index contributed by atoms with van der Waals surface area (Å²) < 4.78 is 30.8. The largest absolute Gasteiger partial charge is 0.484 e. The van der Waals surface area contributed by atoms with Crippen LogP contribution < -0.4 is 14.4 Å². The van der Waals surface area contributed by atoms with Crippen molar-refractivity contribution in [3.05, 3.63) is 52.5 Å². The standard InChI is InChI=1S/C17H16Cl2N2O4S/c18-12-2-5-14(6-3-12)25-11-17(22)20-13-4-7-15(19)16(10-13)21-8-1-9-26(21,23)24/h2-7,10H,1,8-9,11H2,(H,20,22). The van der Waals surface area contributed by atoms with Crippen molar-refractivity contribution in [1.82, 2.24) is 0 Å². The highest BCUT2D eigenvalue weighted by atomic mass is 35.5. The molecule has 0 saturated carbocycles. The molecule has 0 spiro atoms. The number of amides is 1.